The van der Waals surface area contributed by atoms with Gasteiger partial charge in [-0.25, -0.2) is 9.97 Å². The van der Waals surface area contributed by atoms with Gasteiger partial charge in [0.25, 0.3) is 0 Å². The van der Waals surface area contributed by atoms with E-state index in [1.807, 2.05) is 10.7 Å². The molecule has 0 bridgehead atoms. The van der Waals surface area contributed by atoms with Crippen molar-refractivity contribution in [1.82, 2.24) is 24.6 Å². The van der Waals surface area contributed by atoms with Crippen LogP contribution in [0.15, 0.2) is 30.9 Å². The van der Waals surface area contributed by atoms with Crippen LogP contribution >= 0.6 is 0 Å². The molecule has 1 fully saturated rings. The van der Waals surface area contributed by atoms with Gasteiger partial charge < -0.3 is 0 Å². The molecule has 0 aliphatic carbocycles. The maximum Gasteiger partial charge on any atom is 0.142 e. The smallest absolute Gasteiger partial charge is 0.142 e. The summed E-state index contributed by atoms with van der Waals surface area (Å²) in [7, 11) is 0. The van der Waals surface area contributed by atoms with E-state index in [1.54, 1.807) is 24.8 Å². The van der Waals surface area contributed by atoms with Gasteiger partial charge in [0, 0.05) is 31.7 Å². The third kappa shape index (κ3) is 2.08. The van der Waals surface area contributed by atoms with Gasteiger partial charge in [-0.2, -0.15) is 10.4 Å². The molecule has 6 nitrogen and oxygen atoms in total. The normalized spacial score (nSPS) is 16.2. The van der Waals surface area contributed by atoms with E-state index in [-0.39, 0.29) is 0 Å². The first-order chi connectivity index (χ1) is 8.85. The van der Waals surface area contributed by atoms with E-state index < -0.39 is 0 Å². The van der Waals surface area contributed by atoms with Gasteiger partial charge in [-0.15, -0.1) is 0 Å². The molecule has 3 rings (SSSR count). The van der Waals surface area contributed by atoms with Gasteiger partial charge in [-0.05, 0) is 6.07 Å². The van der Waals surface area contributed by atoms with Gasteiger partial charge in [0.05, 0.1) is 24.3 Å². The van der Waals surface area contributed by atoms with Crippen molar-refractivity contribution in [2.45, 2.75) is 12.6 Å². The maximum atomic E-state index is 8.74. The molecule has 0 unspecified atom stereocenters. The molecule has 0 radical (unpaired) electrons. The second-order valence-electron chi connectivity index (χ2n) is 4.33. The molecule has 0 spiro atoms. The predicted octanol–water partition coefficient (Wildman–Crippen LogP) is 0.602. The van der Waals surface area contributed by atoms with Crippen LogP contribution in [0.5, 0.6) is 0 Å². The van der Waals surface area contributed by atoms with Crippen molar-refractivity contribution in [2.75, 3.05) is 13.1 Å². The van der Waals surface area contributed by atoms with Gasteiger partial charge in [0.15, 0.2) is 0 Å². The average Bonchev–Trinajstić information content (AvgIpc) is 2.83. The summed E-state index contributed by atoms with van der Waals surface area (Å²) in [5, 5.41) is 12.9. The van der Waals surface area contributed by atoms with Gasteiger partial charge >= 0.3 is 0 Å². The fraction of sp³-hybridized carbons (Fsp3) is 0.333. The van der Waals surface area contributed by atoms with Gasteiger partial charge in [0.1, 0.15) is 11.9 Å². The summed E-state index contributed by atoms with van der Waals surface area (Å²) in [6.07, 6.45) is 6.91. The van der Waals surface area contributed by atoms with Crippen LogP contribution in [0.25, 0.3) is 0 Å². The predicted molar refractivity (Wildman–Crippen MR) is 63.3 cm³/mol. The van der Waals surface area contributed by atoms with Crippen LogP contribution in [0.2, 0.25) is 0 Å². The molecular formula is C12H12N6. The summed E-state index contributed by atoms with van der Waals surface area (Å²) >= 11 is 0. The summed E-state index contributed by atoms with van der Waals surface area (Å²) in [5.74, 6) is 0.842. The van der Waals surface area contributed by atoms with Gasteiger partial charge in [-0.3, -0.25) is 9.58 Å². The molecule has 18 heavy (non-hydrogen) atoms. The minimum atomic E-state index is 0.357. The van der Waals surface area contributed by atoms with E-state index >= 15 is 0 Å². The zero-order chi connectivity index (χ0) is 12.4. The summed E-state index contributed by atoms with van der Waals surface area (Å²) < 4.78 is 1.86. The molecule has 3 heterocycles. The Labute approximate surface area is 105 Å². The molecule has 0 aromatic carbocycles. The Hall–Kier alpha value is -2.26. The Morgan fingerprint density at radius 2 is 2.11 bits per heavy atom. The summed E-state index contributed by atoms with van der Waals surface area (Å²) in [5.41, 5.74) is 0.611. The largest absolute Gasteiger partial charge is 0.292 e. The van der Waals surface area contributed by atoms with Crippen molar-refractivity contribution >= 4 is 0 Å². The molecule has 1 aliphatic heterocycles. The molecule has 0 amide bonds. The van der Waals surface area contributed by atoms with Crippen LogP contribution < -0.4 is 0 Å². The second kappa shape index (κ2) is 4.55. The van der Waals surface area contributed by atoms with Crippen molar-refractivity contribution in [3.63, 3.8) is 0 Å². The molecule has 0 saturated carbocycles. The maximum absolute atomic E-state index is 8.74. The zero-order valence-corrected chi connectivity index (χ0v) is 9.77. The number of rotatable bonds is 3. The Balaban J connectivity index is 1.56. The average molecular weight is 240 g/mol. The fourth-order valence-electron chi connectivity index (χ4n) is 2.05. The SMILES string of the molecule is N#Cc1cnn(C2CN(Cc3ncccn3)C2)c1. The van der Waals surface area contributed by atoms with Crippen molar-refractivity contribution in [1.29, 1.82) is 5.26 Å². The van der Waals surface area contributed by atoms with Crippen LogP contribution in [0, 0.1) is 11.3 Å². The number of nitriles is 1. The molecule has 2 aromatic rings. The molecular weight excluding hydrogens is 228 g/mol. The van der Waals surface area contributed by atoms with Gasteiger partial charge in [-0.1, -0.05) is 0 Å². The fourth-order valence-corrected chi connectivity index (χ4v) is 2.05. The molecule has 90 valence electrons. The Morgan fingerprint density at radius 3 is 2.78 bits per heavy atom. The summed E-state index contributed by atoms with van der Waals surface area (Å²) in [6.45, 7) is 2.61. The molecule has 2 aromatic heterocycles. The number of hydrogen-bond acceptors (Lipinski definition) is 5. The van der Waals surface area contributed by atoms with Crippen molar-refractivity contribution in [2.24, 2.45) is 0 Å². The lowest BCUT2D eigenvalue weighted by Gasteiger charge is -2.38. The standard InChI is InChI=1S/C12H12N6/c13-4-10-5-16-18(6-10)11-7-17(8-11)9-12-14-2-1-3-15-12/h1-3,5-6,11H,7-9H2. The first kappa shape index (κ1) is 10.9. The lowest BCUT2D eigenvalue weighted by atomic mass is 10.1. The van der Waals surface area contributed by atoms with E-state index in [0.29, 0.717) is 11.6 Å². The first-order valence-electron chi connectivity index (χ1n) is 5.77. The Morgan fingerprint density at radius 1 is 1.33 bits per heavy atom. The third-order valence-electron chi connectivity index (χ3n) is 3.03. The highest BCUT2D eigenvalue weighted by Gasteiger charge is 2.29. The van der Waals surface area contributed by atoms with E-state index in [2.05, 4.69) is 26.0 Å². The molecule has 0 N–H and O–H groups in total. The third-order valence-corrected chi connectivity index (χ3v) is 3.03. The van der Waals surface area contributed by atoms with Gasteiger partial charge in [0.2, 0.25) is 0 Å². The van der Waals surface area contributed by atoms with E-state index in [9.17, 15) is 0 Å². The number of nitrogens with zero attached hydrogens (tertiary/aromatic N) is 6. The van der Waals surface area contributed by atoms with Crippen molar-refractivity contribution in [3.05, 3.63) is 42.2 Å². The first-order valence-corrected chi connectivity index (χ1v) is 5.77. The van der Waals surface area contributed by atoms with Crippen LogP contribution in [-0.2, 0) is 6.54 Å². The molecule has 6 heteroatoms. The number of hydrogen-bond donors (Lipinski definition) is 0. The van der Waals surface area contributed by atoms with E-state index in [1.165, 1.54) is 0 Å². The topological polar surface area (TPSA) is 70.6 Å². The molecule has 0 atom stereocenters. The van der Waals surface area contributed by atoms with Crippen molar-refractivity contribution in [3.8, 4) is 6.07 Å². The Bertz CT molecular complexity index is 564. The highest BCUT2D eigenvalue weighted by molar-refractivity contribution is 5.22. The number of likely N-dealkylation sites (tertiary alicyclic amines) is 1. The number of aromatic nitrogens is 4. The summed E-state index contributed by atoms with van der Waals surface area (Å²) in [6, 6.07) is 4.26. The van der Waals surface area contributed by atoms with Crippen LogP contribution in [0.1, 0.15) is 17.4 Å². The molecule has 1 saturated heterocycles. The Kier molecular flexibility index (Phi) is 2.74. The summed E-state index contributed by atoms with van der Waals surface area (Å²) in [4.78, 5) is 10.7. The minimum Gasteiger partial charge on any atom is -0.292 e. The van der Waals surface area contributed by atoms with Crippen LogP contribution in [-0.4, -0.2) is 37.7 Å². The highest BCUT2D eigenvalue weighted by atomic mass is 15.4. The van der Waals surface area contributed by atoms with E-state index in [0.717, 1.165) is 25.5 Å². The highest BCUT2D eigenvalue weighted by Crippen LogP contribution is 2.21. The second-order valence-corrected chi connectivity index (χ2v) is 4.33. The minimum absolute atomic E-state index is 0.357. The molecule has 1 aliphatic rings. The van der Waals surface area contributed by atoms with E-state index in [4.69, 9.17) is 5.26 Å². The monoisotopic (exact) mass is 240 g/mol. The lowest BCUT2D eigenvalue weighted by molar-refractivity contribution is 0.0880. The quantitative estimate of drug-likeness (QED) is 0.785. The zero-order valence-electron chi connectivity index (χ0n) is 9.77. The van der Waals surface area contributed by atoms with Crippen LogP contribution in [0.4, 0.5) is 0 Å². The van der Waals surface area contributed by atoms with Crippen LogP contribution in [0.3, 0.4) is 0 Å². The lowest BCUT2D eigenvalue weighted by Crippen LogP contribution is -2.47. The van der Waals surface area contributed by atoms with Crippen molar-refractivity contribution < 1.29 is 0 Å².